The first-order valence-corrected chi connectivity index (χ1v) is 11.5. The number of rotatable bonds is 8. The molecule has 1 fully saturated rings. The summed E-state index contributed by atoms with van der Waals surface area (Å²) in [6, 6.07) is 10.2. The molecule has 0 unspecified atom stereocenters. The van der Waals surface area contributed by atoms with Crippen molar-refractivity contribution in [1.29, 1.82) is 5.26 Å². The predicted octanol–water partition coefficient (Wildman–Crippen LogP) is 2.84. The summed E-state index contributed by atoms with van der Waals surface area (Å²) in [5.41, 5.74) is 2.25. The van der Waals surface area contributed by atoms with Crippen LogP contribution in [0.25, 0.3) is 11.2 Å². The largest absolute Gasteiger partial charge is 0.385 e. The Morgan fingerprint density at radius 2 is 2.11 bits per heavy atom. The van der Waals surface area contributed by atoms with Gasteiger partial charge in [-0.1, -0.05) is 6.07 Å². The van der Waals surface area contributed by atoms with E-state index in [1.54, 1.807) is 54.1 Å². The zero-order valence-corrected chi connectivity index (χ0v) is 19.9. The Kier molecular flexibility index (Phi) is 7.70. The van der Waals surface area contributed by atoms with Crippen molar-refractivity contribution in [2.75, 3.05) is 39.2 Å². The van der Waals surface area contributed by atoms with E-state index in [2.05, 4.69) is 15.3 Å². The first-order chi connectivity index (χ1) is 17.0. The number of methoxy groups -OCH3 is 2. The smallest absolute Gasteiger partial charge is 0.258 e. The van der Waals surface area contributed by atoms with E-state index < -0.39 is 0 Å². The number of aryl methyl sites for hydroxylation is 1. The average Bonchev–Trinajstić information content (AvgIpc) is 3.24. The van der Waals surface area contributed by atoms with Crippen molar-refractivity contribution in [2.45, 2.75) is 31.9 Å². The molecule has 182 valence electrons. The van der Waals surface area contributed by atoms with Gasteiger partial charge in [0.2, 0.25) is 5.95 Å². The number of pyridine rings is 1. The summed E-state index contributed by atoms with van der Waals surface area (Å²) in [4.78, 5) is 36.9. The zero-order valence-electron chi connectivity index (χ0n) is 19.9. The zero-order chi connectivity index (χ0) is 24.8. The van der Waals surface area contributed by atoms with Crippen molar-refractivity contribution in [3.8, 4) is 6.07 Å². The molecular formula is C25H28N6O4. The third-order valence-corrected chi connectivity index (χ3v) is 6.04. The van der Waals surface area contributed by atoms with Crippen LogP contribution in [0.5, 0.6) is 0 Å². The van der Waals surface area contributed by atoms with Gasteiger partial charge >= 0.3 is 0 Å². The number of fused-ring (bicyclic) bond motifs is 1. The lowest BCUT2D eigenvalue weighted by Gasteiger charge is -2.31. The third kappa shape index (κ3) is 5.48. The Hall–Kier alpha value is -3.81. The van der Waals surface area contributed by atoms with Crippen LogP contribution >= 0.6 is 0 Å². The molecule has 2 aromatic heterocycles. The molecule has 2 amide bonds. The van der Waals surface area contributed by atoms with E-state index in [0.717, 1.165) is 12.8 Å². The number of carbonyl (C=O) groups is 2. The van der Waals surface area contributed by atoms with Gasteiger partial charge in [-0.3, -0.25) is 19.5 Å². The fraction of sp³-hybridized carbons (Fsp3) is 0.400. The molecule has 3 aromatic rings. The van der Waals surface area contributed by atoms with E-state index in [1.807, 2.05) is 6.07 Å². The van der Waals surface area contributed by atoms with Crippen LogP contribution in [-0.2, 0) is 16.0 Å². The summed E-state index contributed by atoms with van der Waals surface area (Å²) in [7, 11) is 3.29. The van der Waals surface area contributed by atoms with E-state index in [9.17, 15) is 9.59 Å². The molecule has 10 heteroatoms. The van der Waals surface area contributed by atoms with Crippen molar-refractivity contribution >= 4 is 28.9 Å². The van der Waals surface area contributed by atoms with Gasteiger partial charge in [0.05, 0.1) is 23.3 Å². The molecule has 10 nitrogen and oxygen atoms in total. The fourth-order valence-corrected chi connectivity index (χ4v) is 4.20. The maximum Gasteiger partial charge on any atom is 0.258 e. The lowest BCUT2D eigenvalue weighted by molar-refractivity contribution is 0.0269. The number of aromatic nitrogens is 3. The number of anilines is 1. The number of hydrogen-bond donors (Lipinski definition) is 1. The van der Waals surface area contributed by atoms with Crippen LogP contribution < -0.4 is 5.32 Å². The van der Waals surface area contributed by atoms with E-state index >= 15 is 0 Å². The summed E-state index contributed by atoms with van der Waals surface area (Å²) in [6.45, 7) is 2.26. The molecule has 1 atom stereocenters. The van der Waals surface area contributed by atoms with Crippen LogP contribution in [0.3, 0.4) is 0 Å². The second-order valence-electron chi connectivity index (χ2n) is 8.40. The molecule has 0 saturated carbocycles. The highest BCUT2D eigenvalue weighted by Crippen LogP contribution is 2.22. The highest BCUT2D eigenvalue weighted by atomic mass is 16.5. The molecule has 0 spiro atoms. The van der Waals surface area contributed by atoms with Crippen LogP contribution in [0, 0.1) is 11.3 Å². The minimum atomic E-state index is -0.388. The SMILES string of the molecule is COCCCn1c(NC(=O)c2cccc(C#N)c2)nc2cc(C(=O)N3CCC[C@H](OC)C3)cnc21. The molecule has 1 aliphatic heterocycles. The quantitative estimate of drug-likeness (QED) is 0.496. The predicted molar refractivity (Wildman–Crippen MR) is 129 cm³/mol. The van der Waals surface area contributed by atoms with Crippen LogP contribution in [0.4, 0.5) is 5.95 Å². The van der Waals surface area contributed by atoms with Gasteiger partial charge in [0.1, 0.15) is 5.52 Å². The molecule has 4 rings (SSSR count). The standard InChI is InChI=1S/C25H28N6O4/c1-34-11-5-10-31-22-21(28-25(31)29-23(32)18-7-3-6-17(12-18)14-26)13-19(15-27-22)24(33)30-9-4-8-20(16-30)35-2/h3,6-7,12-13,15,20H,4-5,8-11,16H2,1-2H3,(H,28,29,32)/t20-/m0/s1. The van der Waals surface area contributed by atoms with Gasteiger partial charge in [-0.15, -0.1) is 0 Å². The lowest BCUT2D eigenvalue weighted by Crippen LogP contribution is -2.42. The van der Waals surface area contributed by atoms with Crippen molar-refractivity contribution in [1.82, 2.24) is 19.4 Å². The van der Waals surface area contributed by atoms with Crippen molar-refractivity contribution in [3.05, 3.63) is 53.2 Å². The van der Waals surface area contributed by atoms with E-state index in [-0.39, 0.29) is 17.9 Å². The van der Waals surface area contributed by atoms with Crippen molar-refractivity contribution < 1.29 is 19.1 Å². The lowest BCUT2D eigenvalue weighted by atomic mass is 10.1. The van der Waals surface area contributed by atoms with Gasteiger partial charge in [-0.25, -0.2) is 9.97 Å². The van der Waals surface area contributed by atoms with E-state index in [4.69, 9.17) is 14.7 Å². The summed E-state index contributed by atoms with van der Waals surface area (Å²) >= 11 is 0. The molecule has 0 aliphatic carbocycles. The molecule has 1 saturated heterocycles. The Balaban J connectivity index is 1.63. The minimum absolute atomic E-state index is 0.0331. The first kappa shape index (κ1) is 24.3. The van der Waals surface area contributed by atoms with Crippen molar-refractivity contribution in [2.24, 2.45) is 0 Å². The summed E-state index contributed by atoms with van der Waals surface area (Å²) in [5.74, 6) is -0.187. The number of nitriles is 1. The number of nitrogens with zero attached hydrogens (tertiary/aromatic N) is 5. The van der Waals surface area contributed by atoms with Gasteiger partial charge in [-0.2, -0.15) is 5.26 Å². The highest BCUT2D eigenvalue weighted by Gasteiger charge is 2.25. The Bertz CT molecular complexity index is 1260. The molecule has 0 radical (unpaired) electrons. The van der Waals surface area contributed by atoms with Gasteiger partial charge in [-0.05, 0) is 43.5 Å². The average molecular weight is 477 g/mol. The maximum absolute atomic E-state index is 13.1. The summed E-state index contributed by atoms with van der Waals surface area (Å²) < 4.78 is 12.4. The fourth-order valence-electron chi connectivity index (χ4n) is 4.20. The summed E-state index contributed by atoms with van der Waals surface area (Å²) in [6.07, 6.45) is 4.09. The Morgan fingerprint density at radius 3 is 2.89 bits per heavy atom. The number of carbonyl (C=O) groups excluding carboxylic acids is 2. The molecule has 1 aromatic carbocycles. The van der Waals surface area contributed by atoms with Gasteiger partial charge in [0.15, 0.2) is 5.65 Å². The number of amides is 2. The number of benzene rings is 1. The first-order valence-electron chi connectivity index (χ1n) is 11.5. The van der Waals surface area contributed by atoms with Gasteiger partial charge in [0, 0.05) is 52.2 Å². The van der Waals surface area contributed by atoms with Crippen LogP contribution in [-0.4, -0.2) is 71.3 Å². The second-order valence-corrected chi connectivity index (χ2v) is 8.40. The Labute approximate surface area is 203 Å². The molecular weight excluding hydrogens is 448 g/mol. The molecule has 1 N–H and O–H groups in total. The Morgan fingerprint density at radius 1 is 1.26 bits per heavy atom. The number of piperidine rings is 1. The van der Waals surface area contributed by atoms with Crippen LogP contribution in [0.2, 0.25) is 0 Å². The van der Waals surface area contributed by atoms with Crippen LogP contribution in [0.15, 0.2) is 36.5 Å². The summed E-state index contributed by atoms with van der Waals surface area (Å²) in [5, 5.41) is 12.0. The van der Waals surface area contributed by atoms with Gasteiger partial charge < -0.3 is 14.4 Å². The van der Waals surface area contributed by atoms with Crippen molar-refractivity contribution in [3.63, 3.8) is 0 Å². The minimum Gasteiger partial charge on any atom is -0.385 e. The molecule has 35 heavy (non-hydrogen) atoms. The van der Waals surface area contributed by atoms with Crippen LogP contribution in [0.1, 0.15) is 45.5 Å². The molecule has 1 aliphatic rings. The molecule has 0 bridgehead atoms. The third-order valence-electron chi connectivity index (χ3n) is 6.04. The highest BCUT2D eigenvalue weighted by molar-refractivity contribution is 6.04. The molecule has 3 heterocycles. The van der Waals surface area contributed by atoms with E-state index in [1.165, 1.54) is 6.07 Å². The van der Waals surface area contributed by atoms with Gasteiger partial charge in [0.25, 0.3) is 11.8 Å². The topological polar surface area (TPSA) is 122 Å². The number of imidazole rings is 1. The monoisotopic (exact) mass is 476 g/mol. The maximum atomic E-state index is 13.1. The van der Waals surface area contributed by atoms with E-state index in [0.29, 0.717) is 66.5 Å². The second kappa shape index (κ2) is 11.1. The number of hydrogen-bond acceptors (Lipinski definition) is 7. The number of ether oxygens (including phenoxy) is 2. The number of nitrogens with one attached hydrogen (secondary N) is 1. The normalized spacial score (nSPS) is 15.7. The number of likely N-dealkylation sites (tertiary alicyclic amines) is 1.